The maximum Gasteiger partial charge on any atom is 0.237 e. The van der Waals surface area contributed by atoms with Gasteiger partial charge in [0.1, 0.15) is 0 Å². The van der Waals surface area contributed by atoms with Gasteiger partial charge in [-0.15, -0.1) is 11.8 Å². The molecule has 2 rings (SSSR count). The fourth-order valence-corrected chi connectivity index (χ4v) is 3.02. The summed E-state index contributed by atoms with van der Waals surface area (Å²) in [5, 5.41) is 2.83. The highest BCUT2D eigenvalue weighted by molar-refractivity contribution is 8.00. The highest BCUT2D eigenvalue weighted by Gasteiger charge is 2.16. The van der Waals surface area contributed by atoms with Crippen molar-refractivity contribution in [2.24, 2.45) is 0 Å². The van der Waals surface area contributed by atoms with Crippen molar-refractivity contribution in [1.82, 2.24) is 0 Å². The van der Waals surface area contributed by atoms with Gasteiger partial charge in [-0.3, -0.25) is 4.79 Å². The number of hydrogen-bond acceptors (Lipinski definition) is 3. The Morgan fingerprint density at radius 2 is 1.76 bits per heavy atom. The molecule has 0 saturated heterocycles. The van der Waals surface area contributed by atoms with Crippen molar-refractivity contribution in [3.05, 3.63) is 53.6 Å². The van der Waals surface area contributed by atoms with Crippen LogP contribution in [0.25, 0.3) is 0 Å². The normalized spacial score (nSPS) is 12.0. The van der Waals surface area contributed by atoms with Gasteiger partial charge in [0.05, 0.1) is 5.25 Å². The van der Waals surface area contributed by atoms with Crippen LogP contribution in [-0.2, 0) is 4.79 Å². The summed E-state index contributed by atoms with van der Waals surface area (Å²) in [6.07, 6.45) is 0. The van der Waals surface area contributed by atoms with Crippen LogP contribution in [0.3, 0.4) is 0 Å². The molecule has 1 unspecified atom stereocenters. The van der Waals surface area contributed by atoms with E-state index in [9.17, 15) is 4.79 Å². The summed E-state index contributed by atoms with van der Waals surface area (Å²) in [7, 11) is 0. The first kappa shape index (κ1) is 15.4. The van der Waals surface area contributed by atoms with E-state index < -0.39 is 0 Å². The van der Waals surface area contributed by atoms with E-state index in [1.54, 1.807) is 0 Å². The number of nitrogen functional groups attached to an aromatic ring is 1. The zero-order valence-corrected chi connectivity index (χ0v) is 13.3. The van der Waals surface area contributed by atoms with Crippen molar-refractivity contribution in [2.45, 2.75) is 30.9 Å². The standard InChI is InChI=1S/C17H20N2OS/c1-11-6-4-7-12(2)16(11)19-17(20)13(3)21-15-9-5-8-14(18)10-15/h4-10,13H,18H2,1-3H3,(H,19,20). The molecule has 0 aromatic heterocycles. The van der Waals surface area contributed by atoms with Crippen molar-refractivity contribution in [3.8, 4) is 0 Å². The average Bonchev–Trinajstić information content (AvgIpc) is 2.43. The van der Waals surface area contributed by atoms with Gasteiger partial charge in [0.2, 0.25) is 5.91 Å². The Morgan fingerprint density at radius 1 is 1.14 bits per heavy atom. The maximum atomic E-state index is 12.3. The molecule has 0 aliphatic rings. The molecule has 21 heavy (non-hydrogen) atoms. The summed E-state index contributed by atoms with van der Waals surface area (Å²) in [6, 6.07) is 13.6. The highest BCUT2D eigenvalue weighted by Crippen LogP contribution is 2.27. The Bertz CT molecular complexity index is 635. The second-order valence-electron chi connectivity index (χ2n) is 5.09. The minimum atomic E-state index is -0.189. The molecule has 3 N–H and O–H groups in total. The largest absolute Gasteiger partial charge is 0.399 e. The van der Waals surface area contributed by atoms with Crippen LogP contribution in [0.2, 0.25) is 0 Å². The number of rotatable bonds is 4. The van der Waals surface area contributed by atoms with Gasteiger partial charge in [-0.2, -0.15) is 0 Å². The number of thioether (sulfide) groups is 1. The molecule has 0 heterocycles. The third-order valence-corrected chi connectivity index (χ3v) is 4.36. The monoisotopic (exact) mass is 300 g/mol. The first-order valence-corrected chi connectivity index (χ1v) is 7.74. The van der Waals surface area contributed by atoms with Crippen LogP contribution < -0.4 is 11.1 Å². The van der Waals surface area contributed by atoms with Gasteiger partial charge in [-0.1, -0.05) is 24.3 Å². The number of carbonyl (C=O) groups excluding carboxylic acids is 1. The number of hydrogen-bond donors (Lipinski definition) is 2. The summed E-state index contributed by atoms with van der Waals surface area (Å²) >= 11 is 1.50. The third kappa shape index (κ3) is 4.02. The predicted molar refractivity (Wildman–Crippen MR) is 90.7 cm³/mol. The van der Waals surface area contributed by atoms with Gasteiger partial charge in [0, 0.05) is 16.3 Å². The highest BCUT2D eigenvalue weighted by atomic mass is 32.2. The molecule has 0 saturated carbocycles. The Labute approximate surface area is 129 Å². The number of benzene rings is 2. The minimum absolute atomic E-state index is 0.000163. The van der Waals surface area contributed by atoms with Crippen LogP contribution in [0.4, 0.5) is 11.4 Å². The molecule has 0 aliphatic carbocycles. The lowest BCUT2D eigenvalue weighted by molar-refractivity contribution is -0.115. The smallest absolute Gasteiger partial charge is 0.237 e. The van der Waals surface area contributed by atoms with Crippen LogP contribution in [0, 0.1) is 13.8 Å². The second kappa shape index (κ2) is 6.68. The topological polar surface area (TPSA) is 55.1 Å². The lowest BCUT2D eigenvalue weighted by atomic mass is 10.1. The fraction of sp³-hybridized carbons (Fsp3) is 0.235. The van der Waals surface area contributed by atoms with Gasteiger partial charge in [-0.25, -0.2) is 0 Å². The molecule has 1 amide bonds. The van der Waals surface area contributed by atoms with Crippen LogP contribution in [0.1, 0.15) is 18.1 Å². The van der Waals surface area contributed by atoms with E-state index >= 15 is 0 Å². The van der Waals surface area contributed by atoms with E-state index in [-0.39, 0.29) is 11.2 Å². The molecule has 4 heteroatoms. The Morgan fingerprint density at radius 3 is 2.38 bits per heavy atom. The molecular formula is C17H20N2OS. The molecule has 2 aromatic rings. The molecule has 0 fully saturated rings. The van der Waals surface area contributed by atoms with E-state index in [0.29, 0.717) is 5.69 Å². The number of nitrogens with two attached hydrogens (primary N) is 1. The number of anilines is 2. The van der Waals surface area contributed by atoms with Crippen molar-refractivity contribution >= 4 is 29.0 Å². The van der Waals surface area contributed by atoms with Gasteiger partial charge in [0.25, 0.3) is 0 Å². The number of amides is 1. The molecule has 0 bridgehead atoms. The first-order valence-electron chi connectivity index (χ1n) is 6.86. The summed E-state index contributed by atoms with van der Waals surface area (Å²) in [4.78, 5) is 13.3. The lowest BCUT2D eigenvalue weighted by Gasteiger charge is -2.15. The van der Waals surface area contributed by atoms with Crippen molar-refractivity contribution in [3.63, 3.8) is 0 Å². The second-order valence-corrected chi connectivity index (χ2v) is 6.50. The van der Waals surface area contributed by atoms with E-state index in [1.165, 1.54) is 11.8 Å². The average molecular weight is 300 g/mol. The van der Waals surface area contributed by atoms with Gasteiger partial charge >= 0.3 is 0 Å². The van der Waals surface area contributed by atoms with Gasteiger partial charge < -0.3 is 11.1 Å². The van der Waals surface area contributed by atoms with Crippen LogP contribution in [0.5, 0.6) is 0 Å². The molecular weight excluding hydrogens is 280 g/mol. The molecule has 1 atom stereocenters. The van der Waals surface area contributed by atoms with Crippen molar-refractivity contribution < 1.29 is 4.79 Å². The van der Waals surface area contributed by atoms with Gasteiger partial charge in [-0.05, 0) is 50.1 Å². The zero-order valence-electron chi connectivity index (χ0n) is 12.5. The summed E-state index contributed by atoms with van der Waals surface area (Å²) in [5.41, 5.74) is 9.52. The fourth-order valence-electron chi connectivity index (χ4n) is 2.08. The molecule has 0 radical (unpaired) electrons. The van der Waals surface area contributed by atoms with E-state index in [2.05, 4.69) is 5.32 Å². The number of para-hydroxylation sites is 1. The number of aryl methyl sites for hydroxylation is 2. The van der Waals surface area contributed by atoms with Crippen molar-refractivity contribution in [1.29, 1.82) is 0 Å². The lowest BCUT2D eigenvalue weighted by Crippen LogP contribution is -2.23. The molecule has 110 valence electrons. The first-order chi connectivity index (χ1) is 9.97. The predicted octanol–water partition coefficient (Wildman–Crippen LogP) is 4.00. The molecule has 2 aromatic carbocycles. The van der Waals surface area contributed by atoms with E-state index in [1.807, 2.05) is 63.2 Å². The van der Waals surface area contributed by atoms with E-state index in [4.69, 9.17) is 5.73 Å². The Hall–Kier alpha value is -1.94. The molecule has 0 aliphatic heterocycles. The summed E-state index contributed by atoms with van der Waals surface area (Å²) in [5.74, 6) is -0.000163. The van der Waals surface area contributed by atoms with Crippen LogP contribution in [-0.4, -0.2) is 11.2 Å². The Kier molecular flexibility index (Phi) is 4.91. The van der Waals surface area contributed by atoms with E-state index in [0.717, 1.165) is 21.7 Å². The SMILES string of the molecule is Cc1cccc(C)c1NC(=O)C(C)Sc1cccc(N)c1. The minimum Gasteiger partial charge on any atom is -0.399 e. The summed E-state index contributed by atoms with van der Waals surface area (Å²) < 4.78 is 0. The summed E-state index contributed by atoms with van der Waals surface area (Å²) in [6.45, 7) is 5.90. The van der Waals surface area contributed by atoms with Crippen LogP contribution >= 0.6 is 11.8 Å². The quantitative estimate of drug-likeness (QED) is 0.662. The van der Waals surface area contributed by atoms with Gasteiger partial charge in [0.15, 0.2) is 0 Å². The molecule has 3 nitrogen and oxygen atoms in total. The molecule has 0 spiro atoms. The maximum absolute atomic E-state index is 12.3. The third-order valence-electron chi connectivity index (χ3n) is 3.27. The van der Waals surface area contributed by atoms with Crippen molar-refractivity contribution in [2.75, 3.05) is 11.1 Å². The number of carbonyl (C=O) groups is 1. The Balaban J connectivity index is 2.06. The number of nitrogens with one attached hydrogen (secondary N) is 1. The van der Waals surface area contributed by atoms with Crippen LogP contribution in [0.15, 0.2) is 47.4 Å². The zero-order chi connectivity index (χ0) is 15.4.